The molecule has 0 heterocycles. The van der Waals surface area contributed by atoms with E-state index in [-0.39, 0.29) is 24.3 Å². The van der Waals surface area contributed by atoms with Crippen molar-refractivity contribution in [2.24, 2.45) is 5.73 Å². The van der Waals surface area contributed by atoms with Crippen LogP contribution in [0.3, 0.4) is 0 Å². The van der Waals surface area contributed by atoms with Crippen molar-refractivity contribution in [1.82, 2.24) is 0 Å². The molecule has 0 spiro atoms. The molecule has 0 aromatic heterocycles. The highest BCUT2D eigenvalue weighted by atomic mass is 79.9. The van der Waals surface area contributed by atoms with Gasteiger partial charge in [-0.15, -0.1) is 12.4 Å². The maximum absolute atomic E-state index is 12.9. The van der Waals surface area contributed by atoms with Gasteiger partial charge in [-0.05, 0) is 40.0 Å². The summed E-state index contributed by atoms with van der Waals surface area (Å²) < 4.78 is 13.3. The van der Waals surface area contributed by atoms with Crippen LogP contribution < -0.4 is 5.73 Å². The predicted molar refractivity (Wildman–Crippen MR) is 63.2 cm³/mol. The van der Waals surface area contributed by atoms with Crippen LogP contribution in [0, 0.1) is 5.82 Å². The second kappa shape index (κ2) is 6.38. The zero-order chi connectivity index (χ0) is 9.84. The molecule has 0 aliphatic rings. The lowest BCUT2D eigenvalue weighted by molar-refractivity contribution is 0.610. The summed E-state index contributed by atoms with van der Waals surface area (Å²) in [5.74, 6) is -0.243. The Morgan fingerprint density at radius 1 is 1.50 bits per heavy atom. The SMILES string of the molecule is CCC[C@H](N)c1ccc(F)c(Br)c1.Cl. The minimum Gasteiger partial charge on any atom is -0.324 e. The Morgan fingerprint density at radius 3 is 2.64 bits per heavy atom. The Kier molecular flexibility index (Phi) is 6.33. The lowest BCUT2D eigenvalue weighted by atomic mass is 10.0. The zero-order valence-corrected chi connectivity index (χ0v) is 10.4. The van der Waals surface area contributed by atoms with Crippen LogP contribution in [0.5, 0.6) is 0 Å². The molecule has 0 unspecified atom stereocenters. The number of rotatable bonds is 3. The molecule has 0 saturated carbocycles. The van der Waals surface area contributed by atoms with Gasteiger partial charge >= 0.3 is 0 Å². The first-order valence-electron chi connectivity index (χ1n) is 4.35. The lowest BCUT2D eigenvalue weighted by Crippen LogP contribution is -2.09. The van der Waals surface area contributed by atoms with Gasteiger partial charge in [0.05, 0.1) is 4.47 Å². The average Bonchev–Trinajstić information content (AvgIpc) is 2.10. The third kappa shape index (κ3) is 3.56. The predicted octanol–water partition coefficient (Wildman–Crippen LogP) is 3.81. The lowest BCUT2D eigenvalue weighted by Gasteiger charge is -2.10. The van der Waals surface area contributed by atoms with Gasteiger partial charge in [0.25, 0.3) is 0 Å². The number of hydrogen-bond acceptors (Lipinski definition) is 1. The molecule has 2 N–H and O–H groups in total. The van der Waals surface area contributed by atoms with Gasteiger partial charge in [0.2, 0.25) is 0 Å². The third-order valence-corrected chi connectivity index (χ3v) is 2.58. The standard InChI is InChI=1S/C10H13BrFN.ClH/c1-2-3-10(13)7-4-5-9(12)8(11)6-7;/h4-6,10H,2-3,13H2,1H3;1H/t10-;/m0./s1. The van der Waals surface area contributed by atoms with Crippen LogP contribution in [0.1, 0.15) is 31.4 Å². The fourth-order valence-electron chi connectivity index (χ4n) is 1.22. The molecule has 0 aliphatic heterocycles. The molecule has 1 nitrogen and oxygen atoms in total. The van der Waals surface area contributed by atoms with Crippen molar-refractivity contribution in [3.8, 4) is 0 Å². The number of halogens is 3. The molecule has 80 valence electrons. The van der Waals surface area contributed by atoms with E-state index in [1.807, 2.05) is 0 Å². The molecule has 1 rings (SSSR count). The van der Waals surface area contributed by atoms with Gasteiger partial charge in [0.15, 0.2) is 0 Å². The summed E-state index contributed by atoms with van der Waals surface area (Å²) in [7, 11) is 0. The van der Waals surface area contributed by atoms with Gasteiger partial charge in [-0.2, -0.15) is 0 Å². The van der Waals surface area contributed by atoms with Crippen molar-refractivity contribution in [3.05, 3.63) is 34.1 Å². The van der Waals surface area contributed by atoms with E-state index >= 15 is 0 Å². The highest BCUT2D eigenvalue weighted by molar-refractivity contribution is 9.10. The van der Waals surface area contributed by atoms with Crippen molar-refractivity contribution in [1.29, 1.82) is 0 Å². The Bertz CT molecular complexity index is 293. The minimum absolute atomic E-state index is 0. The topological polar surface area (TPSA) is 26.0 Å². The fraction of sp³-hybridized carbons (Fsp3) is 0.400. The van der Waals surface area contributed by atoms with E-state index in [0.717, 1.165) is 18.4 Å². The van der Waals surface area contributed by atoms with Crippen LogP contribution in [0.4, 0.5) is 4.39 Å². The van der Waals surface area contributed by atoms with E-state index in [1.165, 1.54) is 6.07 Å². The summed E-state index contributed by atoms with van der Waals surface area (Å²) >= 11 is 3.13. The van der Waals surface area contributed by atoms with Crippen molar-refractivity contribution in [2.45, 2.75) is 25.8 Å². The summed E-state index contributed by atoms with van der Waals surface area (Å²) in [5.41, 5.74) is 6.86. The van der Waals surface area contributed by atoms with Crippen LogP contribution >= 0.6 is 28.3 Å². The van der Waals surface area contributed by atoms with Crippen LogP contribution in [-0.4, -0.2) is 0 Å². The number of nitrogens with two attached hydrogens (primary N) is 1. The van der Waals surface area contributed by atoms with Crippen LogP contribution in [-0.2, 0) is 0 Å². The maximum Gasteiger partial charge on any atom is 0.137 e. The highest BCUT2D eigenvalue weighted by Crippen LogP contribution is 2.22. The van der Waals surface area contributed by atoms with Crippen molar-refractivity contribution in [2.75, 3.05) is 0 Å². The van der Waals surface area contributed by atoms with E-state index in [1.54, 1.807) is 12.1 Å². The smallest absolute Gasteiger partial charge is 0.137 e. The summed E-state index contributed by atoms with van der Waals surface area (Å²) in [6, 6.07) is 4.94. The maximum atomic E-state index is 12.9. The number of hydrogen-bond donors (Lipinski definition) is 1. The molecule has 14 heavy (non-hydrogen) atoms. The summed E-state index contributed by atoms with van der Waals surface area (Å²) in [5, 5.41) is 0. The van der Waals surface area contributed by atoms with Gasteiger partial charge in [0, 0.05) is 6.04 Å². The van der Waals surface area contributed by atoms with Gasteiger partial charge in [-0.1, -0.05) is 19.4 Å². The molecule has 1 atom stereocenters. The normalized spacial score (nSPS) is 12.0. The van der Waals surface area contributed by atoms with Gasteiger partial charge in [-0.3, -0.25) is 0 Å². The molecule has 0 fully saturated rings. The first kappa shape index (κ1) is 13.9. The zero-order valence-electron chi connectivity index (χ0n) is 7.97. The highest BCUT2D eigenvalue weighted by Gasteiger charge is 2.06. The van der Waals surface area contributed by atoms with Gasteiger partial charge < -0.3 is 5.73 Å². The van der Waals surface area contributed by atoms with E-state index in [0.29, 0.717) is 4.47 Å². The van der Waals surface area contributed by atoms with Crippen LogP contribution in [0.25, 0.3) is 0 Å². The molecule has 0 amide bonds. The van der Waals surface area contributed by atoms with Gasteiger partial charge in [-0.25, -0.2) is 4.39 Å². The third-order valence-electron chi connectivity index (χ3n) is 1.97. The van der Waals surface area contributed by atoms with E-state index in [4.69, 9.17) is 5.73 Å². The average molecular weight is 283 g/mol. The monoisotopic (exact) mass is 281 g/mol. The van der Waals surface area contributed by atoms with Crippen molar-refractivity contribution >= 4 is 28.3 Å². The molecule has 0 aliphatic carbocycles. The molecular formula is C10H14BrClFN. The molecule has 1 aromatic rings. The molecule has 4 heteroatoms. The van der Waals surface area contributed by atoms with E-state index in [2.05, 4.69) is 22.9 Å². The Hall–Kier alpha value is -0.120. The van der Waals surface area contributed by atoms with Crippen molar-refractivity contribution in [3.63, 3.8) is 0 Å². The fourth-order valence-corrected chi connectivity index (χ4v) is 1.62. The first-order chi connectivity index (χ1) is 6.15. The Labute approximate surface area is 98.4 Å². The number of benzene rings is 1. The second-order valence-corrected chi connectivity index (χ2v) is 3.92. The van der Waals surface area contributed by atoms with Gasteiger partial charge in [0.1, 0.15) is 5.82 Å². The second-order valence-electron chi connectivity index (χ2n) is 3.07. The molecule has 1 aromatic carbocycles. The van der Waals surface area contributed by atoms with Crippen molar-refractivity contribution < 1.29 is 4.39 Å². The molecule has 0 bridgehead atoms. The first-order valence-corrected chi connectivity index (χ1v) is 5.15. The van der Waals surface area contributed by atoms with E-state index < -0.39 is 0 Å². The largest absolute Gasteiger partial charge is 0.324 e. The summed E-state index contributed by atoms with van der Waals surface area (Å²) in [4.78, 5) is 0. The van der Waals surface area contributed by atoms with Crippen LogP contribution in [0.2, 0.25) is 0 Å². The summed E-state index contributed by atoms with van der Waals surface area (Å²) in [6.45, 7) is 2.08. The quantitative estimate of drug-likeness (QED) is 0.896. The summed E-state index contributed by atoms with van der Waals surface area (Å²) in [6.07, 6.45) is 1.97. The minimum atomic E-state index is -0.243. The molecular weight excluding hydrogens is 268 g/mol. The molecule has 0 radical (unpaired) electrons. The Balaban J connectivity index is 0.00000169. The van der Waals surface area contributed by atoms with Crippen LogP contribution in [0.15, 0.2) is 22.7 Å². The Morgan fingerprint density at radius 2 is 2.14 bits per heavy atom. The van der Waals surface area contributed by atoms with E-state index in [9.17, 15) is 4.39 Å². The molecule has 0 saturated heterocycles.